The van der Waals surface area contributed by atoms with Crippen LogP contribution >= 0.6 is 0 Å². The summed E-state index contributed by atoms with van der Waals surface area (Å²) < 4.78 is 0. The largest absolute Gasteiger partial charge is 0.0795 e. The average Bonchev–Trinajstić information content (AvgIpc) is 3.34. The molecule has 0 saturated carbocycles. The van der Waals surface area contributed by atoms with Crippen LogP contribution in [0.5, 0.6) is 0 Å². The molecule has 7 aliphatic carbocycles. The van der Waals surface area contributed by atoms with Crippen LogP contribution in [0.15, 0.2) is 149 Å². The van der Waals surface area contributed by atoms with Gasteiger partial charge in [0.2, 0.25) is 0 Å². The number of benzene rings is 4. The lowest BCUT2D eigenvalue weighted by atomic mass is 9.67. The number of fused-ring (bicyclic) bond motifs is 3. The van der Waals surface area contributed by atoms with Crippen molar-refractivity contribution >= 4 is 28.0 Å². The summed E-state index contributed by atoms with van der Waals surface area (Å²) in [4.78, 5) is 0. The molecular formula is C47H34. The minimum atomic E-state index is -0.0938. The summed E-state index contributed by atoms with van der Waals surface area (Å²) in [5, 5.41) is 2.83. The monoisotopic (exact) mass is 598 g/mol. The molecule has 7 aliphatic rings. The van der Waals surface area contributed by atoms with Crippen LogP contribution in [-0.2, 0) is 11.8 Å². The minimum absolute atomic E-state index is 0.0938. The molecule has 0 amide bonds. The zero-order chi connectivity index (χ0) is 31.0. The van der Waals surface area contributed by atoms with Gasteiger partial charge in [-0.2, -0.15) is 0 Å². The summed E-state index contributed by atoms with van der Waals surface area (Å²) in [5.41, 5.74) is 24.0. The first-order chi connectivity index (χ1) is 23.0. The Kier molecular flexibility index (Phi) is 4.96. The molecule has 0 fully saturated rings. The van der Waals surface area contributed by atoms with E-state index in [4.69, 9.17) is 0 Å². The average molecular weight is 599 g/mol. The second kappa shape index (κ2) is 8.99. The maximum Gasteiger partial charge on any atom is 0.0354 e. The van der Waals surface area contributed by atoms with Gasteiger partial charge in [-0.25, -0.2) is 0 Å². The van der Waals surface area contributed by atoms with Gasteiger partial charge in [0.05, 0.1) is 0 Å². The Morgan fingerprint density at radius 3 is 2.30 bits per heavy atom. The fourth-order valence-corrected chi connectivity index (χ4v) is 9.73. The van der Waals surface area contributed by atoms with Crippen LogP contribution in [0.4, 0.5) is 0 Å². The lowest BCUT2D eigenvalue weighted by Gasteiger charge is -2.36. The standard InChI is InChI=1S/C47H34/c1-47(2)41-25-33(35-19-13-31-11-9-27-5-3-7-29-15-23-39(35)45(31)43(27)29)17-21-37(41)38-22-18-34(26-42(38)47)36-20-14-32-12-10-28-6-4-8-30-16-24-40(36)46(32)44(28)30/h3-5,8-22,24-26,46H,6-7,23H2,1-2H3. The van der Waals surface area contributed by atoms with Gasteiger partial charge in [-0.3, -0.25) is 0 Å². The Morgan fingerprint density at radius 2 is 1.40 bits per heavy atom. The summed E-state index contributed by atoms with van der Waals surface area (Å²) >= 11 is 0. The van der Waals surface area contributed by atoms with Crippen molar-refractivity contribution in [3.8, 4) is 22.3 Å². The van der Waals surface area contributed by atoms with Crippen LogP contribution < -0.4 is 0 Å². The van der Waals surface area contributed by atoms with Gasteiger partial charge in [0.15, 0.2) is 0 Å². The molecule has 4 aromatic rings. The third-order valence-electron chi connectivity index (χ3n) is 12.0. The highest BCUT2D eigenvalue weighted by Gasteiger charge is 2.38. The molecule has 1 atom stereocenters. The number of hydrogen-bond donors (Lipinski definition) is 0. The summed E-state index contributed by atoms with van der Waals surface area (Å²) in [6.45, 7) is 4.85. The fourth-order valence-electron chi connectivity index (χ4n) is 9.73. The Hall–Kier alpha value is -5.20. The molecule has 1 unspecified atom stereocenters. The second-order valence-electron chi connectivity index (χ2n) is 14.7. The molecule has 4 aromatic carbocycles. The molecule has 0 nitrogen and oxygen atoms in total. The lowest BCUT2D eigenvalue weighted by Crippen LogP contribution is -2.22. The first kappa shape index (κ1) is 25.9. The zero-order valence-electron chi connectivity index (χ0n) is 26.8. The smallest absolute Gasteiger partial charge is 0.0354 e. The van der Waals surface area contributed by atoms with E-state index in [9.17, 15) is 0 Å². The van der Waals surface area contributed by atoms with Gasteiger partial charge in [0.25, 0.3) is 0 Å². The molecule has 11 rings (SSSR count). The van der Waals surface area contributed by atoms with Crippen molar-refractivity contribution in [2.24, 2.45) is 5.92 Å². The summed E-state index contributed by atoms with van der Waals surface area (Å²) in [5.74, 6) is 0.344. The third kappa shape index (κ3) is 3.38. The van der Waals surface area contributed by atoms with Crippen molar-refractivity contribution in [2.75, 3.05) is 0 Å². The van der Waals surface area contributed by atoms with Gasteiger partial charge in [-0.15, -0.1) is 0 Å². The van der Waals surface area contributed by atoms with Crippen LogP contribution in [0.1, 0.15) is 60.1 Å². The molecule has 0 aliphatic heterocycles. The molecule has 0 spiro atoms. The van der Waals surface area contributed by atoms with E-state index in [1.54, 1.807) is 0 Å². The van der Waals surface area contributed by atoms with E-state index in [-0.39, 0.29) is 5.41 Å². The zero-order valence-corrected chi connectivity index (χ0v) is 26.8. The molecule has 0 aromatic heterocycles. The van der Waals surface area contributed by atoms with E-state index in [2.05, 4.69) is 141 Å². The highest BCUT2D eigenvalue weighted by Crippen LogP contribution is 2.53. The number of allylic oxidation sites excluding steroid dienone is 17. The van der Waals surface area contributed by atoms with Crippen LogP contribution in [0.2, 0.25) is 0 Å². The van der Waals surface area contributed by atoms with Crippen molar-refractivity contribution in [3.63, 3.8) is 0 Å². The van der Waals surface area contributed by atoms with Gasteiger partial charge in [-0.05, 0) is 137 Å². The Balaban J connectivity index is 1.02. The fraction of sp³-hybridized carbons (Fsp3) is 0.149. The summed E-state index contributed by atoms with van der Waals surface area (Å²) in [7, 11) is 0. The highest BCUT2D eigenvalue weighted by molar-refractivity contribution is 6.05. The van der Waals surface area contributed by atoms with Crippen molar-refractivity contribution in [1.82, 2.24) is 0 Å². The lowest BCUT2D eigenvalue weighted by molar-refractivity contribution is 0.660. The van der Waals surface area contributed by atoms with Gasteiger partial charge in [0, 0.05) is 11.3 Å². The van der Waals surface area contributed by atoms with E-state index in [1.165, 1.54) is 105 Å². The molecule has 0 N–H and O–H groups in total. The van der Waals surface area contributed by atoms with Gasteiger partial charge in [0.1, 0.15) is 0 Å². The molecule has 0 heteroatoms. The van der Waals surface area contributed by atoms with E-state index in [1.807, 2.05) is 0 Å². The topological polar surface area (TPSA) is 0 Å². The third-order valence-corrected chi connectivity index (χ3v) is 12.0. The first-order valence-electron chi connectivity index (χ1n) is 17.2. The molecule has 47 heavy (non-hydrogen) atoms. The molecule has 0 bridgehead atoms. The van der Waals surface area contributed by atoms with Crippen LogP contribution in [-0.4, -0.2) is 0 Å². The van der Waals surface area contributed by atoms with Crippen LogP contribution in [0.25, 0.3) is 50.2 Å². The Bertz CT molecular complexity index is 2480. The molecular weight excluding hydrogens is 565 g/mol. The van der Waals surface area contributed by atoms with E-state index < -0.39 is 0 Å². The van der Waals surface area contributed by atoms with E-state index >= 15 is 0 Å². The molecule has 0 radical (unpaired) electrons. The van der Waals surface area contributed by atoms with Crippen LogP contribution in [0.3, 0.4) is 0 Å². The van der Waals surface area contributed by atoms with Gasteiger partial charge in [-0.1, -0.05) is 129 Å². The van der Waals surface area contributed by atoms with Crippen LogP contribution in [0, 0.1) is 5.92 Å². The van der Waals surface area contributed by atoms with Gasteiger partial charge < -0.3 is 0 Å². The maximum absolute atomic E-state index is 2.50. The highest BCUT2D eigenvalue weighted by atomic mass is 14.4. The summed E-state index contributed by atoms with van der Waals surface area (Å²) in [6.07, 6.45) is 28.9. The van der Waals surface area contributed by atoms with Crippen molar-refractivity contribution in [3.05, 3.63) is 183 Å². The number of hydrogen-bond acceptors (Lipinski definition) is 0. The van der Waals surface area contributed by atoms with Crippen molar-refractivity contribution < 1.29 is 0 Å². The molecule has 222 valence electrons. The maximum atomic E-state index is 2.50. The SMILES string of the molecule is CC1(C)c2cc(C3=C4C=CC5=C6C(=CC=C(C=C3)C46)CC=C5)ccc2-c2ccc(-c3ccc4ccc5c6c4c3CC=C6CC=C5)cc21. The molecule has 0 saturated heterocycles. The summed E-state index contributed by atoms with van der Waals surface area (Å²) in [6, 6.07) is 23.9. The predicted molar refractivity (Wildman–Crippen MR) is 198 cm³/mol. The van der Waals surface area contributed by atoms with Crippen molar-refractivity contribution in [2.45, 2.75) is 38.5 Å². The number of rotatable bonds is 2. The Labute approximate surface area is 276 Å². The quantitative estimate of drug-likeness (QED) is 0.215. The second-order valence-corrected chi connectivity index (χ2v) is 14.7. The first-order valence-corrected chi connectivity index (χ1v) is 17.2. The Morgan fingerprint density at radius 1 is 0.638 bits per heavy atom. The van der Waals surface area contributed by atoms with Crippen molar-refractivity contribution in [1.29, 1.82) is 0 Å². The normalized spacial score (nSPS) is 21.4. The van der Waals surface area contributed by atoms with E-state index in [0.29, 0.717) is 5.92 Å². The minimum Gasteiger partial charge on any atom is -0.0795 e. The van der Waals surface area contributed by atoms with Gasteiger partial charge >= 0.3 is 0 Å². The predicted octanol–water partition coefficient (Wildman–Crippen LogP) is 11.8. The molecule has 0 heterocycles. The van der Waals surface area contributed by atoms with E-state index in [0.717, 1.165) is 19.3 Å².